The second-order valence-electron chi connectivity index (χ2n) is 3.77. The van der Waals surface area contributed by atoms with Gasteiger partial charge in [0, 0.05) is 0 Å². The van der Waals surface area contributed by atoms with Gasteiger partial charge in [0.05, 0.1) is 0 Å². The molecule has 0 bridgehead atoms. The summed E-state index contributed by atoms with van der Waals surface area (Å²) < 4.78 is 0. The Kier molecular flexibility index (Phi) is 4.75. The molecule has 0 aliphatic heterocycles. The predicted octanol–water partition coefficient (Wildman–Crippen LogP) is -0.686. The van der Waals surface area contributed by atoms with Gasteiger partial charge in [-0.3, -0.25) is 0 Å². The zero-order valence-corrected chi connectivity index (χ0v) is 11.7. The van der Waals surface area contributed by atoms with Gasteiger partial charge in [0.1, 0.15) is 0 Å². The molecule has 0 radical (unpaired) electrons. The van der Waals surface area contributed by atoms with Crippen LogP contribution < -0.4 is 34.7 Å². The smallest absolute Gasteiger partial charge is 0.843 e. The zero-order valence-electron chi connectivity index (χ0n) is 9.68. The van der Waals surface area contributed by atoms with E-state index in [1.807, 2.05) is 60.7 Å². The molecule has 0 spiro atoms. The molecule has 0 saturated carbocycles. The molecule has 0 aliphatic rings. The molecule has 0 saturated heterocycles. The van der Waals surface area contributed by atoms with Crippen LogP contribution in [-0.2, 0) is 5.60 Å². The third-order valence-electron chi connectivity index (χ3n) is 2.65. The zero-order chi connectivity index (χ0) is 10.7. The van der Waals surface area contributed by atoms with Crippen molar-refractivity contribution in [1.82, 2.24) is 0 Å². The third-order valence-corrected chi connectivity index (χ3v) is 2.65. The van der Waals surface area contributed by atoms with E-state index >= 15 is 0 Å². The van der Waals surface area contributed by atoms with Crippen LogP contribution in [0.3, 0.4) is 0 Å². The molecule has 0 fully saturated rings. The summed E-state index contributed by atoms with van der Waals surface area (Å²) in [6.45, 7) is 1.71. The van der Waals surface area contributed by atoms with Crippen molar-refractivity contribution in [2.75, 3.05) is 0 Å². The van der Waals surface area contributed by atoms with Gasteiger partial charge in [-0.25, -0.2) is 0 Å². The molecular weight excluding hydrogens is 207 g/mol. The molecule has 0 aromatic heterocycles. The van der Waals surface area contributed by atoms with Crippen LogP contribution in [0.15, 0.2) is 60.7 Å². The fraction of sp³-hybridized carbons (Fsp3) is 0.143. The van der Waals surface area contributed by atoms with Gasteiger partial charge >= 0.3 is 29.6 Å². The monoisotopic (exact) mass is 220 g/mol. The van der Waals surface area contributed by atoms with Gasteiger partial charge in [-0.2, -0.15) is 0 Å². The van der Waals surface area contributed by atoms with Crippen LogP contribution in [0.1, 0.15) is 18.1 Å². The topological polar surface area (TPSA) is 23.1 Å². The predicted molar refractivity (Wildman–Crippen MR) is 59.3 cm³/mol. The summed E-state index contributed by atoms with van der Waals surface area (Å²) >= 11 is 0. The normalized spacial score (nSPS) is 10.6. The van der Waals surface area contributed by atoms with Crippen LogP contribution in [0.4, 0.5) is 0 Å². The van der Waals surface area contributed by atoms with Crippen LogP contribution in [-0.4, -0.2) is 0 Å². The Bertz CT molecular complexity index is 382. The van der Waals surface area contributed by atoms with Gasteiger partial charge in [-0.15, -0.1) is 0 Å². The first-order valence-corrected chi connectivity index (χ1v) is 5.03. The molecule has 0 heterocycles. The van der Waals surface area contributed by atoms with Gasteiger partial charge in [0.25, 0.3) is 0 Å². The Morgan fingerprint density at radius 3 is 1.38 bits per heavy atom. The molecular formula is C14H13NaO. The molecule has 2 rings (SSSR count). The molecule has 2 heteroatoms. The van der Waals surface area contributed by atoms with E-state index in [0.29, 0.717) is 0 Å². The van der Waals surface area contributed by atoms with E-state index in [2.05, 4.69) is 0 Å². The second kappa shape index (κ2) is 5.65. The molecule has 0 N–H and O–H groups in total. The number of benzene rings is 2. The summed E-state index contributed by atoms with van der Waals surface area (Å²) in [5, 5.41) is 12.5. The maximum atomic E-state index is 12.5. The van der Waals surface area contributed by atoms with E-state index < -0.39 is 5.60 Å². The number of hydrogen-bond donors (Lipinski definition) is 0. The van der Waals surface area contributed by atoms with Crippen molar-refractivity contribution in [2.24, 2.45) is 0 Å². The van der Waals surface area contributed by atoms with Gasteiger partial charge < -0.3 is 5.11 Å². The second-order valence-corrected chi connectivity index (χ2v) is 3.77. The largest absolute Gasteiger partial charge is 1.00 e. The molecule has 0 unspecified atom stereocenters. The van der Waals surface area contributed by atoms with Crippen molar-refractivity contribution in [1.29, 1.82) is 0 Å². The fourth-order valence-electron chi connectivity index (χ4n) is 1.68. The Balaban J connectivity index is 0.00000128. The minimum absolute atomic E-state index is 0. The van der Waals surface area contributed by atoms with Gasteiger partial charge in [0.15, 0.2) is 0 Å². The van der Waals surface area contributed by atoms with Crippen molar-refractivity contribution >= 4 is 0 Å². The van der Waals surface area contributed by atoms with Crippen molar-refractivity contribution in [2.45, 2.75) is 12.5 Å². The number of hydrogen-bond acceptors (Lipinski definition) is 1. The summed E-state index contributed by atoms with van der Waals surface area (Å²) in [5.74, 6) is 0. The quantitative estimate of drug-likeness (QED) is 0.615. The van der Waals surface area contributed by atoms with E-state index in [-0.39, 0.29) is 29.6 Å². The van der Waals surface area contributed by atoms with E-state index in [9.17, 15) is 5.11 Å². The summed E-state index contributed by atoms with van der Waals surface area (Å²) in [5.41, 5.74) is 0.440. The van der Waals surface area contributed by atoms with Gasteiger partial charge in [0.2, 0.25) is 0 Å². The molecule has 0 amide bonds. The van der Waals surface area contributed by atoms with Crippen LogP contribution >= 0.6 is 0 Å². The molecule has 2 aromatic carbocycles. The third kappa shape index (κ3) is 2.74. The van der Waals surface area contributed by atoms with Crippen LogP contribution in [0, 0.1) is 0 Å². The Morgan fingerprint density at radius 2 is 1.06 bits per heavy atom. The maximum Gasteiger partial charge on any atom is 1.00 e. The molecule has 1 nitrogen and oxygen atoms in total. The Labute approximate surface area is 118 Å². The average Bonchev–Trinajstić information content (AvgIpc) is 2.31. The minimum Gasteiger partial charge on any atom is -0.843 e. The van der Waals surface area contributed by atoms with E-state index in [4.69, 9.17) is 0 Å². The van der Waals surface area contributed by atoms with Crippen molar-refractivity contribution in [3.63, 3.8) is 0 Å². The van der Waals surface area contributed by atoms with Gasteiger partial charge in [-0.05, 0) is 0 Å². The molecule has 0 atom stereocenters. The fourth-order valence-corrected chi connectivity index (χ4v) is 1.68. The molecule has 76 valence electrons. The first-order valence-electron chi connectivity index (χ1n) is 5.03. The molecule has 2 aromatic rings. The van der Waals surface area contributed by atoms with Crippen LogP contribution in [0.5, 0.6) is 0 Å². The molecule has 0 aliphatic carbocycles. The summed E-state index contributed by atoms with van der Waals surface area (Å²) in [4.78, 5) is 0. The van der Waals surface area contributed by atoms with Crippen molar-refractivity contribution in [3.05, 3.63) is 71.8 Å². The van der Waals surface area contributed by atoms with Crippen molar-refractivity contribution in [3.8, 4) is 0 Å². The van der Waals surface area contributed by atoms with Gasteiger partial charge in [-0.1, -0.05) is 84.3 Å². The van der Waals surface area contributed by atoms with Crippen LogP contribution in [0.2, 0.25) is 0 Å². The van der Waals surface area contributed by atoms with E-state index in [1.54, 1.807) is 6.92 Å². The number of rotatable bonds is 2. The Morgan fingerprint density at radius 1 is 0.750 bits per heavy atom. The maximum absolute atomic E-state index is 12.5. The summed E-state index contributed by atoms with van der Waals surface area (Å²) in [6.07, 6.45) is 0. The molecule has 16 heavy (non-hydrogen) atoms. The SMILES string of the molecule is CC([O-])(c1ccccc1)c1ccccc1.[Na+]. The van der Waals surface area contributed by atoms with E-state index in [1.165, 1.54) is 0 Å². The Hall–Kier alpha value is -0.600. The summed E-state index contributed by atoms with van der Waals surface area (Å²) in [7, 11) is 0. The first kappa shape index (κ1) is 13.5. The standard InChI is InChI=1S/C14H13O.Na/c1-14(15,12-8-4-2-5-9-12)13-10-6-3-7-11-13;/h2-11H,1H3;/q-1;+1. The first-order chi connectivity index (χ1) is 7.21. The minimum atomic E-state index is -1.16. The van der Waals surface area contributed by atoms with E-state index in [0.717, 1.165) is 11.1 Å². The average molecular weight is 220 g/mol. The van der Waals surface area contributed by atoms with Crippen molar-refractivity contribution < 1.29 is 34.7 Å². The van der Waals surface area contributed by atoms with Crippen LogP contribution in [0.25, 0.3) is 0 Å². The summed E-state index contributed by atoms with van der Waals surface area (Å²) in [6, 6.07) is 18.9.